The molecule has 4 fully saturated rings. The van der Waals surface area contributed by atoms with Crippen LogP contribution in [-0.2, 0) is 29.1 Å². The van der Waals surface area contributed by atoms with E-state index in [4.69, 9.17) is 14.7 Å². The van der Waals surface area contributed by atoms with Crippen LogP contribution in [0.2, 0.25) is 0 Å². The third-order valence-electron chi connectivity index (χ3n) is 10.6. The Morgan fingerprint density at radius 2 is 1.18 bits per heavy atom. The highest BCUT2D eigenvalue weighted by Gasteiger charge is 2.45. The van der Waals surface area contributed by atoms with Crippen LogP contribution < -0.4 is 11.0 Å². The number of nitrogens with one attached hydrogen (secondary N) is 2. The quantitative estimate of drug-likeness (QED) is 0.0922. The van der Waals surface area contributed by atoms with Crippen molar-refractivity contribution >= 4 is 17.9 Å². The zero-order valence-corrected chi connectivity index (χ0v) is 25.5. The second-order valence-electron chi connectivity index (χ2n) is 13.5. The van der Waals surface area contributed by atoms with Gasteiger partial charge in [0.1, 0.15) is 0 Å². The van der Waals surface area contributed by atoms with Crippen LogP contribution in [-0.4, -0.2) is 68.7 Å². The zero-order valence-electron chi connectivity index (χ0n) is 25.5. The number of aliphatic carboxylic acids is 2. The molecular weight excluding hydrogens is 596 g/mol. The summed E-state index contributed by atoms with van der Waals surface area (Å²) >= 11 is 0. The van der Waals surface area contributed by atoms with Gasteiger partial charge in [-0.2, -0.15) is 11.0 Å². The summed E-state index contributed by atoms with van der Waals surface area (Å²) in [4.78, 5) is 72.9. The molecule has 0 aromatic rings. The molecule has 4 N–H and O–H groups in total. The van der Waals surface area contributed by atoms with Gasteiger partial charge in [0.25, 0.3) is 0 Å². The molecule has 0 aromatic heterocycles. The van der Waals surface area contributed by atoms with Gasteiger partial charge in [0.05, 0.1) is 24.4 Å². The number of carbonyl (C=O) groups excluding carboxylic acids is 1. The molecule has 6 atom stereocenters. The van der Waals surface area contributed by atoms with Gasteiger partial charge in [-0.05, 0) is 88.4 Å². The van der Waals surface area contributed by atoms with Crippen molar-refractivity contribution in [2.75, 3.05) is 6.61 Å². The average Bonchev–Trinajstić information content (AvgIpc) is 3.02. The topological polar surface area (TPSA) is 230 Å². The standard InChI is InChI=1S/C29H46N4O12/c34-27(35)25-14-22(32(39)40)10-5-19(25)16-43-45-31-21-8-3-18(4-9-21)13-17-1-6-20(7-2-17)30-44-29(38)24-12-11-23(33(41)42)15-26(24)28(36)37/h17-26,30-31H,1-16H2,(H,34,35)(H,36,37). The van der Waals surface area contributed by atoms with E-state index in [1.165, 1.54) is 0 Å². The Balaban J connectivity index is 1.06. The lowest BCUT2D eigenvalue weighted by atomic mass is 9.76. The number of nitrogens with zero attached hydrogens (tertiary/aromatic N) is 2. The molecule has 45 heavy (non-hydrogen) atoms. The Morgan fingerprint density at radius 1 is 0.667 bits per heavy atom. The second-order valence-corrected chi connectivity index (χ2v) is 13.5. The van der Waals surface area contributed by atoms with Crippen molar-refractivity contribution in [1.29, 1.82) is 0 Å². The van der Waals surface area contributed by atoms with Crippen molar-refractivity contribution in [3.8, 4) is 0 Å². The Bertz CT molecular complexity index is 1050. The minimum absolute atomic E-state index is 0.00448. The van der Waals surface area contributed by atoms with Gasteiger partial charge >= 0.3 is 17.9 Å². The predicted molar refractivity (Wildman–Crippen MR) is 154 cm³/mol. The molecule has 254 valence electrons. The maximum atomic E-state index is 12.6. The molecule has 4 saturated carbocycles. The molecule has 0 aromatic carbocycles. The van der Waals surface area contributed by atoms with Gasteiger partial charge in [0.2, 0.25) is 12.1 Å². The number of carboxylic acids is 2. The van der Waals surface area contributed by atoms with E-state index in [2.05, 4.69) is 11.0 Å². The van der Waals surface area contributed by atoms with E-state index in [1.807, 2.05) is 0 Å². The third kappa shape index (κ3) is 10.0. The summed E-state index contributed by atoms with van der Waals surface area (Å²) in [6.07, 6.45) is 9.59. The van der Waals surface area contributed by atoms with E-state index in [9.17, 15) is 44.8 Å². The summed E-state index contributed by atoms with van der Waals surface area (Å²) in [5, 5.41) is 41.1. The van der Waals surface area contributed by atoms with Crippen LogP contribution in [0.25, 0.3) is 0 Å². The normalized spacial score (nSPS) is 35.6. The predicted octanol–water partition coefficient (Wildman–Crippen LogP) is 3.29. The lowest BCUT2D eigenvalue weighted by Crippen LogP contribution is -2.43. The van der Waals surface area contributed by atoms with Gasteiger partial charge in [-0.3, -0.25) is 34.6 Å². The Morgan fingerprint density at radius 3 is 1.71 bits per heavy atom. The van der Waals surface area contributed by atoms with E-state index >= 15 is 0 Å². The number of carboxylic acid groups (broad SMARTS) is 2. The van der Waals surface area contributed by atoms with Crippen LogP contribution in [0.3, 0.4) is 0 Å². The molecule has 0 spiro atoms. The van der Waals surface area contributed by atoms with Gasteiger partial charge in [0, 0.05) is 47.6 Å². The molecule has 4 rings (SSSR count). The van der Waals surface area contributed by atoms with Crippen molar-refractivity contribution < 1.29 is 49.2 Å². The van der Waals surface area contributed by atoms with Crippen LogP contribution in [0.1, 0.15) is 96.3 Å². The van der Waals surface area contributed by atoms with E-state index < -0.39 is 57.6 Å². The zero-order chi connectivity index (χ0) is 32.5. The average molecular weight is 643 g/mol. The number of rotatable bonds is 14. The fourth-order valence-electron chi connectivity index (χ4n) is 7.74. The Labute approximate surface area is 261 Å². The smallest absolute Gasteiger partial charge is 0.328 e. The number of hydrogen-bond donors (Lipinski definition) is 4. The van der Waals surface area contributed by atoms with Crippen molar-refractivity contribution in [3.05, 3.63) is 20.2 Å². The van der Waals surface area contributed by atoms with E-state index in [1.54, 1.807) is 0 Å². The van der Waals surface area contributed by atoms with Gasteiger partial charge in [-0.15, -0.1) is 4.99 Å². The minimum atomic E-state index is -1.21. The first kappa shape index (κ1) is 34.9. The van der Waals surface area contributed by atoms with Gasteiger partial charge in [-0.25, -0.2) is 4.89 Å². The molecule has 16 heteroatoms. The maximum Gasteiger partial charge on any atom is 0.328 e. The fraction of sp³-hybridized carbons (Fsp3) is 0.897. The monoisotopic (exact) mass is 642 g/mol. The first-order chi connectivity index (χ1) is 21.5. The summed E-state index contributed by atoms with van der Waals surface area (Å²) in [6, 6.07) is -1.65. The Kier molecular flexibility index (Phi) is 12.9. The fourth-order valence-corrected chi connectivity index (χ4v) is 7.74. The second kappa shape index (κ2) is 16.6. The van der Waals surface area contributed by atoms with Crippen molar-refractivity contribution in [3.63, 3.8) is 0 Å². The molecule has 0 bridgehead atoms. The number of hydrogen-bond acceptors (Lipinski definition) is 12. The van der Waals surface area contributed by atoms with Crippen molar-refractivity contribution in [2.24, 2.45) is 35.5 Å². The molecule has 16 nitrogen and oxygen atoms in total. The maximum absolute atomic E-state index is 12.6. The van der Waals surface area contributed by atoms with Crippen LogP contribution in [0.4, 0.5) is 0 Å². The van der Waals surface area contributed by atoms with Crippen LogP contribution in [0.5, 0.6) is 0 Å². The van der Waals surface area contributed by atoms with Crippen LogP contribution in [0, 0.1) is 55.7 Å². The summed E-state index contributed by atoms with van der Waals surface area (Å²) in [5.74, 6) is -4.90. The molecule has 0 radical (unpaired) electrons. The van der Waals surface area contributed by atoms with Gasteiger partial charge in [0.15, 0.2) is 0 Å². The SMILES string of the molecule is O=C(O)C1CC([N+](=O)[O-])CCC1COONC1CCC(CC2CCC(NOC(=O)C3CCC([N+](=O)[O-])CC3C(=O)O)CC2)CC1. The highest BCUT2D eigenvalue weighted by atomic mass is 17.3. The summed E-state index contributed by atoms with van der Waals surface area (Å²) < 4.78 is 0. The molecule has 6 unspecified atom stereocenters. The van der Waals surface area contributed by atoms with Gasteiger partial charge < -0.3 is 15.1 Å². The molecular formula is C29H46N4O12. The first-order valence-electron chi connectivity index (χ1n) is 16.2. The lowest BCUT2D eigenvalue weighted by molar-refractivity contribution is -0.528. The van der Waals surface area contributed by atoms with E-state index in [0.717, 1.165) is 57.8 Å². The molecule has 0 amide bonds. The third-order valence-corrected chi connectivity index (χ3v) is 10.6. The Hall–Kier alpha value is -2.95. The van der Waals surface area contributed by atoms with Crippen LogP contribution >= 0.6 is 0 Å². The molecule has 4 aliphatic rings. The van der Waals surface area contributed by atoms with Crippen molar-refractivity contribution in [1.82, 2.24) is 11.0 Å². The molecule has 0 saturated heterocycles. The first-order valence-corrected chi connectivity index (χ1v) is 16.2. The molecule has 0 aliphatic heterocycles. The highest BCUT2D eigenvalue weighted by Crippen LogP contribution is 2.37. The number of carbonyl (C=O) groups is 3. The summed E-state index contributed by atoms with van der Waals surface area (Å²) in [5.41, 5.74) is 5.77. The minimum Gasteiger partial charge on any atom is -0.481 e. The summed E-state index contributed by atoms with van der Waals surface area (Å²) in [6.45, 7) is 0.0638. The van der Waals surface area contributed by atoms with Crippen molar-refractivity contribution in [2.45, 2.75) is 120 Å². The largest absolute Gasteiger partial charge is 0.481 e. The number of nitro groups is 2. The number of hydroxylamine groups is 2. The molecule has 4 aliphatic carbocycles. The van der Waals surface area contributed by atoms with E-state index in [0.29, 0.717) is 24.7 Å². The molecule has 0 heterocycles. The van der Waals surface area contributed by atoms with E-state index in [-0.39, 0.29) is 50.3 Å². The highest BCUT2D eigenvalue weighted by molar-refractivity contribution is 5.81. The van der Waals surface area contributed by atoms with Crippen LogP contribution in [0.15, 0.2) is 0 Å². The summed E-state index contributed by atoms with van der Waals surface area (Å²) in [7, 11) is 0. The van der Waals surface area contributed by atoms with Gasteiger partial charge in [-0.1, -0.05) is 0 Å². The lowest BCUT2D eigenvalue weighted by Gasteiger charge is -2.34.